The van der Waals surface area contributed by atoms with E-state index in [1.807, 2.05) is 0 Å². The Kier molecular flexibility index (Phi) is 6.86. The minimum atomic E-state index is -7.24. The lowest BCUT2D eigenvalue weighted by molar-refractivity contribution is -0.401. The topological polar surface area (TPSA) is 62.6 Å². The Morgan fingerprint density at radius 3 is 2.12 bits per heavy atom. The van der Waals surface area contributed by atoms with E-state index in [-0.39, 0.29) is 28.4 Å². The minimum absolute atomic E-state index is 0.229. The zero-order valence-electron chi connectivity index (χ0n) is 16.6. The van der Waals surface area contributed by atoms with Crippen molar-refractivity contribution in [2.45, 2.75) is 41.9 Å². The number of aromatic nitrogens is 1. The van der Waals surface area contributed by atoms with Crippen LogP contribution >= 0.6 is 0 Å². The lowest BCUT2D eigenvalue weighted by Crippen LogP contribution is -2.64. The Balaban J connectivity index is 2.51. The molecule has 0 unspecified atom stereocenters. The van der Waals surface area contributed by atoms with E-state index in [1.165, 1.54) is 13.0 Å². The molecule has 0 saturated heterocycles. The van der Waals surface area contributed by atoms with Gasteiger partial charge in [0, 0.05) is 31.6 Å². The van der Waals surface area contributed by atoms with Crippen molar-refractivity contribution < 1.29 is 52.3 Å². The fourth-order valence-electron chi connectivity index (χ4n) is 2.76. The molecule has 0 spiro atoms. The molecule has 0 radical (unpaired) electrons. The lowest BCUT2D eigenvalue weighted by atomic mass is 9.95. The van der Waals surface area contributed by atoms with E-state index in [0.29, 0.717) is 0 Å². The summed E-state index contributed by atoms with van der Waals surface area (Å²) < 4.78 is 156. The number of amidine groups is 1. The van der Waals surface area contributed by atoms with Gasteiger partial charge in [0.25, 0.3) is 0 Å². The second-order valence-corrected chi connectivity index (χ2v) is 9.15. The van der Waals surface area contributed by atoms with Gasteiger partial charge < -0.3 is 4.90 Å². The van der Waals surface area contributed by atoms with Gasteiger partial charge in [0.1, 0.15) is 5.69 Å². The fraction of sp³-hybridized carbons (Fsp3) is 0.529. The van der Waals surface area contributed by atoms with Gasteiger partial charge in [-0.25, -0.2) is 17.8 Å². The molecule has 0 aromatic carbocycles. The minimum Gasteiger partial charge on any atom is -0.354 e. The molecule has 0 aliphatic carbocycles. The molecule has 2 rings (SSSR count). The molecule has 1 aromatic heterocycles. The fourth-order valence-corrected chi connectivity index (χ4v) is 3.80. The average Bonchev–Trinajstić information content (AvgIpc) is 2.72. The molecular weight excluding hydrogens is 500 g/mol. The summed E-state index contributed by atoms with van der Waals surface area (Å²) in [6.45, 7) is 0.286. The van der Waals surface area contributed by atoms with Crippen molar-refractivity contribution in [2.75, 3.05) is 19.3 Å². The van der Waals surface area contributed by atoms with E-state index in [1.54, 1.807) is 0 Å². The Morgan fingerprint density at radius 1 is 1.06 bits per heavy atom. The zero-order chi connectivity index (χ0) is 25.6. The van der Waals surface area contributed by atoms with Crippen LogP contribution in [-0.4, -0.2) is 73.6 Å². The van der Waals surface area contributed by atoms with Gasteiger partial charge in [-0.15, -0.1) is 0 Å². The quantitative estimate of drug-likeness (QED) is 0.510. The highest BCUT2D eigenvalue weighted by Gasteiger charge is 2.83. The highest BCUT2D eigenvalue weighted by Crippen LogP contribution is 2.55. The molecular formula is C17H15F10N3O2S. The number of hydrogen-bond acceptors (Lipinski definition) is 5. The van der Waals surface area contributed by atoms with Gasteiger partial charge in [0.2, 0.25) is 0 Å². The third-order valence-corrected chi connectivity index (χ3v) is 6.40. The number of rotatable bonds is 7. The van der Waals surface area contributed by atoms with Crippen molar-refractivity contribution in [1.82, 2.24) is 9.88 Å². The number of aliphatic imine (C=N–C) groups is 1. The molecule has 1 aromatic rings. The summed E-state index contributed by atoms with van der Waals surface area (Å²) in [6, 6.07) is 2.40. The van der Waals surface area contributed by atoms with Crippen LogP contribution in [0.25, 0.3) is 0 Å². The van der Waals surface area contributed by atoms with E-state index in [9.17, 15) is 52.3 Å². The first-order valence-electron chi connectivity index (χ1n) is 8.83. The Labute approximate surface area is 180 Å². The van der Waals surface area contributed by atoms with Crippen molar-refractivity contribution in [2.24, 2.45) is 4.99 Å². The summed E-state index contributed by atoms with van der Waals surface area (Å²) in [5.41, 5.74) is -1.65. The summed E-state index contributed by atoms with van der Waals surface area (Å²) in [5.74, 6) is -21.5. The third-order valence-electron chi connectivity index (χ3n) is 4.64. The second-order valence-electron chi connectivity index (χ2n) is 6.90. The number of halogens is 10. The Morgan fingerprint density at radius 2 is 1.64 bits per heavy atom. The maximum atomic E-state index is 14.3. The van der Waals surface area contributed by atoms with Crippen LogP contribution in [0.15, 0.2) is 40.0 Å². The van der Waals surface area contributed by atoms with Crippen LogP contribution in [-0.2, 0) is 9.84 Å². The monoisotopic (exact) mass is 515 g/mol. The number of hydrogen-bond donors (Lipinski definition) is 0. The van der Waals surface area contributed by atoms with Crippen molar-refractivity contribution >= 4 is 15.7 Å². The highest BCUT2D eigenvalue weighted by atomic mass is 32.2. The number of pyridine rings is 1. The molecule has 0 fully saturated rings. The Bertz CT molecular complexity index is 1070. The summed E-state index contributed by atoms with van der Waals surface area (Å²) in [4.78, 5) is 7.80. The largest absolute Gasteiger partial charge is 0.460 e. The number of nitrogens with zero attached hydrogens (tertiary/aromatic N) is 3. The predicted molar refractivity (Wildman–Crippen MR) is 95.0 cm³/mol. The van der Waals surface area contributed by atoms with Gasteiger partial charge in [-0.3, -0.25) is 4.98 Å². The first-order valence-corrected chi connectivity index (χ1v) is 10.5. The molecule has 0 amide bonds. The summed E-state index contributed by atoms with van der Waals surface area (Å²) in [6.07, 6.45) is -9.99. The summed E-state index contributed by atoms with van der Waals surface area (Å²) in [5, 5.41) is 0. The van der Waals surface area contributed by atoms with E-state index in [4.69, 9.17) is 0 Å². The molecule has 186 valence electrons. The molecule has 0 bridgehead atoms. The number of likely N-dealkylation sites (N-methyl/N-ethyl adjacent to an activating group) is 1. The second kappa shape index (κ2) is 8.43. The maximum absolute atomic E-state index is 14.3. The summed E-state index contributed by atoms with van der Waals surface area (Å²) in [7, 11) is -2.84. The van der Waals surface area contributed by atoms with Crippen molar-refractivity contribution in [1.29, 1.82) is 0 Å². The van der Waals surface area contributed by atoms with E-state index < -0.39 is 52.1 Å². The molecule has 1 aliphatic rings. The van der Waals surface area contributed by atoms with Crippen LogP contribution in [0.2, 0.25) is 0 Å². The first kappa shape index (κ1) is 26.9. The highest BCUT2D eigenvalue weighted by molar-refractivity contribution is 7.91. The maximum Gasteiger partial charge on any atom is 0.460 e. The van der Waals surface area contributed by atoms with Gasteiger partial charge in [0.05, 0.1) is 10.6 Å². The van der Waals surface area contributed by atoms with Crippen LogP contribution in [0, 0.1) is 0 Å². The van der Waals surface area contributed by atoms with Gasteiger partial charge in [-0.1, -0.05) is 6.92 Å². The molecule has 33 heavy (non-hydrogen) atoms. The molecule has 2 heterocycles. The van der Waals surface area contributed by atoms with Crippen molar-refractivity contribution in [3.05, 3.63) is 35.8 Å². The van der Waals surface area contributed by atoms with Crippen LogP contribution in [0.3, 0.4) is 0 Å². The van der Waals surface area contributed by atoms with E-state index in [2.05, 4.69) is 9.98 Å². The molecule has 5 nitrogen and oxygen atoms in total. The molecule has 1 aliphatic heterocycles. The molecule has 1 atom stereocenters. The van der Waals surface area contributed by atoms with Crippen LogP contribution in [0.1, 0.15) is 12.6 Å². The van der Waals surface area contributed by atoms with Gasteiger partial charge in [0.15, 0.2) is 21.8 Å². The van der Waals surface area contributed by atoms with Gasteiger partial charge in [-0.2, -0.15) is 39.5 Å². The number of alkyl halides is 10. The van der Waals surface area contributed by atoms with Gasteiger partial charge in [-0.05, 0) is 12.1 Å². The van der Waals surface area contributed by atoms with E-state index in [0.717, 1.165) is 24.2 Å². The lowest BCUT2D eigenvalue weighted by Gasteiger charge is -2.36. The molecule has 0 saturated carbocycles. The first-order chi connectivity index (χ1) is 14.8. The zero-order valence-corrected chi connectivity index (χ0v) is 17.5. The average molecular weight is 515 g/mol. The van der Waals surface area contributed by atoms with Crippen LogP contribution in [0.4, 0.5) is 43.9 Å². The Hall–Kier alpha value is -2.39. The van der Waals surface area contributed by atoms with Crippen molar-refractivity contribution in [3.63, 3.8) is 0 Å². The van der Waals surface area contributed by atoms with E-state index >= 15 is 0 Å². The van der Waals surface area contributed by atoms with Crippen LogP contribution < -0.4 is 0 Å². The number of sulfone groups is 1. The standard InChI is InChI=1S/C17H15F10N3O2S/c1-3-33(31,32)10-5-4-6-28-11(10)13-29-7-9(8-30(13)2)12(18)14(19,20)15(21,22)16(23,24)17(25,26)27/h4-7,12H,3,8H2,1-2H3/t12-/m1/s1. The SMILES string of the molecule is CCS(=O)(=O)c1cccnc1C1=NC=C([C@@H](F)C(F)(F)C(F)(F)C(F)(F)C(F)(F)F)CN1C. The summed E-state index contributed by atoms with van der Waals surface area (Å²) >= 11 is 0. The predicted octanol–water partition coefficient (Wildman–Crippen LogP) is 4.26. The normalized spacial score (nSPS) is 17.5. The third kappa shape index (κ3) is 4.40. The van der Waals surface area contributed by atoms with Crippen LogP contribution in [0.5, 0.6) is 0 Å². The molecule has 0 N–H and O–H groups in total. The van der Waals surface area contributed by atoms with Gasteiger partial charge >= 0.3 is 23.9 Å². The van der Waals surface area contributed by atoms with Crippen molar-refractivity contribution in [3.8, 4) is 0 Å². The molecule has 16 heteroatoms. The smallest absolute Gasteiger partial charge is 0.354 e.